The van der Waals surface area contributed by atoms with Crippen LogP contribution in [0.2, 0.25) is 0 Å². The number of nitrogens with one attached hydrogen (secondary N) is 2. The standard InChI is InChI=1S/C14H30N4O/c1-6-7-9-15-14(16-10-8-12(2)3)17-11-13(19)18(4)5/h12H,6-11H2,1-5H3,(H2,15,16,17). The second kappa shape index (κ2) is 10.6. The summed E-state index contributed by atoms with van der Waals surface area (Å²) in [5.74, 6) is 1.41. The van der Waals surface area contributed by atoms with E-state index < -0.39 is 0 Å². The molecule has 0 heterocycles. The highest BCUT2D eigenvalue weighted by atomic mass is 16.2. The Bertz CT molecular complexity index is 275. The van der Waals surface area contributed by atoms with Gasteiger partial charge >= 0.3 is 0 Å². The van der Waals surface area contributed by atoms with Gasteiger partial charge in [0.1, 0.15) is 6.54 Å². The fourth-order valence-corrected chi connectivity index (χ4v) is 1.33. The summed E-state index contributed by atoms with van der Waals surface area (Å²) in [7, 11) is 3.49. The molecule has 0 fully saturated rings. The predicted octanol–water partition coefficient (Wildman–Crippen LogP) is 1.46. The lowest BCUT2D eigenvalue weighted by Gasteiger charge is -2.14. The molecule has 0 aliphatic carbocycles. The van der Waals surface area contributed by atoms with Gasteiger partial charge in [-0.1, -0.05) is 27.2 Å². The van der Waals surface area contributed by atoms with Crippen LogP contribution in [0.25, 0.3) is 0 Å². The average molecular weight is 270 g/mol. The number of guanidine groups is 1. The normalized spacial score (nSPS) is 11.6. The van der Waals surface area contributed by atoms with E-state index in [4.69, 9.17) is 0 Å². The number of hydrogen-bond donors (Lipinski definition) is 2. The van der Waals surface area contributed by atoms with E-state index >= 15 is 0 Å². The van der Waals surface area contributed by atoms with E-state index in [1.165, 1.54) is 0 Å². The van der Waals surface area contributed by atoms with Gasteiger partial charge in [0.2, 0.25) is 5.91 Å². The fourth-order valence-electron chi connectivity index (χ4n) is 1.33. The number of amides is 1. The highest BCUT2D eigenvalue weighted by Crippen LogP contribution is 1.96. The Balaban J connectivity index is 4.22. The fraction of sp³-hybridized carbons (Fsp3) is 0.857. The van der Waals surface area contributed by atoms with Crippen molar-refractivity contribution < 1.29 is 4.79 Å². The maximum absolute atomic E-state index is 11.5. The summed E-state index contributed by atoms with van der Waals surface area (Å²) in [5, 5.41) is 6.53. The number of nitrogens with zero attached hydrogens (tertiary/aromatic N) is 2. The van der Waals surface area contributed by atoms with Gasteiger partial charge in [-0.3, -0.25) is 4.79 Å². The van der Waals surface area contributed by atoms with Gasteiger partial charge in [0.15, 0.2) is 5.96 Å². The molecular weight excluding hydrogens is 240 g/mol. The van der Waals surface area contributed by atoms with Crippen molar-refractivity contribution >= 4 is 11.9 Å². The first kappa shape index (κ1) is 17.7. The van der Waals surface area contributed by atoms with Gasteiger partial charge in [-0.25, -0.2) is 4.99 Å². The highest BCUT2D eigenvalue weighted by molar-refractivity contribution is 5.84. The second-order valence-corrected chi connectivity index (χ2v) is 5.34. The van der Waals surface area contributed by atoms with Crippen LogP contribution < -0.4 is 10.6 Å². The van der Waals surface area contributed by atoms with Crippen molar-refractivity contribution in [2.45, 2.75) is 40.0 Å². The molecule has 0 spiro atoms. The lowest BCUT2D eigenvalue weighted by molar-refractivity contribution is -0.127. The summed E-state index contributed by atoms with van der Waals surface area (Å²) in [4.78, 5) is 17.4. The Morgan fingerprint density at radius 3 is 2.37 bits per heavy atom. The number of likely N-dealkylation sites (N-methyl/N-ethyl adjacent to an activating group) is 1. The molecule has 0 aromatic rings. The smallest absolute Gasteiger partial charge is 0.243 e. The molecule has 0 aliphatic rings. The third kappa shape index (κ3) is 10.4. The highest BCUT2D eigenvalue weighted by Gasteiger charge is 2.04. The lowest BCUT2D eigenvalue weighted by atomic mass is 10.1. The predicted molar refractivity (Wildman–Crippen MR) is 81.4 cm³/mol. The Morgan fingerprint density at radius 1 is 1.21 bits per heavy atom. The maximum atomic E-state index is 11.5. The van der Waals surface area contributed by atoms with Crippen LogP contribution in [0.5, 0.6) is 0 Å². The quantitative estimate of drug-likeness (QED) is 0.399. The van der Waals surface area contributed by atoms with Crippen molar-refractivity contribution in [3.63, 3.8) is 0 Å². The first-order valence-electron chi connectivity index (χ1n) is 7.19. The summed E-state index contributed by atoms with van der Waals surface area (Å²) < 4.78 is 0. The van der Waals surface area contributed by atoms with E-state index in [9.17, 15) is 4.79 Å². The minimum atomic E-state index is 0.0143. The van der Waals surface area contributed by atoms with Crippen LogP contribution >= 0.6 is 0 Å². The van der Waals surface area contributed by atoms with E-state index in [0.29, 0.717) is 5.92 Å². The molecule has 0 radical (unpaired) electrons. The summed E-state index contributed by atoms with van der Waals surface area (Å²) in [6.45, 7) is 8.50. The van der Waals surface area contributed by atoms with Crippen molar-refractivity contribution in [3.8, 4) is 0 Å². The van der Waals surface area contributed by atoms with Crippen molar-refractivity contribution in [1.82, 2.24) is 15.5 Å². The largest absolute Gasteiger partial charge is 0.356 e. The summed E-state index contributed by atoms with van der Waals surface area (Å²) >= 11 is 0. The van der Waals surface area contributed by atoms with Gasteiger partial charge in [-0.05, 0) is 18.8 Å². The van der Waals surface area contributed by atoms with E-state index in [0.717, 1.165) is 38.3 Å². The van der Waals surface area contributed by atoms with Crippen molar-refractivity contribution in [3.05, 3.63) is 0 Å². The molecule has 5 nitrogen and oxygen atoms in total. The molecule has 0 unspecified atom stereocenters. The van der Waals surface area contributed by atoms with Gasteiger partial charge in [0, 0.05) is 27.2 Å². The van der Waals surface area contributed by atoms with Gasteiger partial charge in [-0.2, -0.15) is 0 Å². The number of unbranched alkanes of at least 4 members (excludes halogenated alkanes) is 1. The van der Waals surface area contributed by atoms with E-state index in [1.54, 1.807) is 19.0 Å². The van der Waals surface area contributed by atoms with Crippen LogP contribution in [0.1, 0.15) is 40.0 Å². The number of hydrogen-bond acceptors (Lipinski definition) is 2. The maximum Gasteiger partial charge on any atom is 0.243 e. The summed E-state index contributed by atoms with van der Waals surface area (Å²) in [5.41, 5.74) is 0. The number of carbonyl (C=O) groups excluding carboxylic acids is 1. The molecule has 0 aliphatic heterocycles. The molecular formula is C14H30N4O. The molecule has 2 N–H and O–H groups in total. The Hall–Kier alpha value is -1.26. The van der Waals surface area contributed by atoms with Crippen molar-refractivity contribution in [2.24, 2.45) is 10.9 Å². The van der Waals surface area contributed by atoms with Gasteiger partial charge in [0.25, 0.3) is 0 Å². The molecule has 0 bridgehead atoms. The monoisotopic (exact) mass is 270 g/mol. The Labute approximate surface area is 117 Å². The van der Waals surface area contributed by atoms with Crippen LogP contribution in [0, 0.1) is 5.92 Å². The molecule has 0 rings (SSSR count). The second-order valence-electron chi connectivity index (χ2n) is 5.34. The Kier molecular flexibility index (Phi) is 9.94. The zero-order valence-corrected chi connectivity index (χ0v) is 13.1. The molecule has 0 saturated carbocycles. The third-order valence-corrected chi connectivity index (χ3v) is 2.71. The minimum absolute atomic E-state index is 0.0143. The zero-order chi connectivity index (χ0) is 14.7. The minimum Gasteiger partial charge on any atom is -0.356 e. The van der Waals surface area contributed by atoms with Gasteiger partial charge in [0.05, 0.1) is 0 Å². The average Bonchev–Trinajstić information content (AvgIpc) is 2.34. The van der Waals surface area contributed by atoms with E-state index in [2.05, 4.69) is 36.4 Å². The molecule has 0 atom stereocenters. The first-order valence-corrected chi connectivity index (χ1v) is 7.19. The molecule has 0 aromatic carbocycles. The third-order valence-electron chi connectivity index (χ3n) is 2.71. The number of aliphatic imine (C=N–C) groups is 1. The molecule has 0 aromatic heterocycles. The molecule has 5 heteroatoms. The molecule has 19 heavy (non-hydrogen) atoms. The number of carbonyl (C=O) groups is 1. The Morgan fingerprint density at radius 2 is 1.84 bits per heavy atom. The van der Waals surface area contributed by atoms with Crippen LogP contribution in [-0.4, -0.2) is 50.5 Å². The van der Waals surface area contributed by atoms with Crippen LogP contribution in [-0.2, 0) is 4.79 Å². The first-order chi connectivity index (χ1) is 8.97. The molecule has 0 saturated heterocycles. The summed E-state index contributed by atoms with van der Waals surface area (Å²) in [6, 6.07) is 0. The van der Waals surface area contributed by atoms with Crippen LogP contribution in [0.15, 0.2) is 4.99 Å². The zero-order valence-electron chi connectivity index (χ0n) is 13.1. The summed E-state index contributed by atoms with van der Waals surface area (Å²) in [6.07, 6.45) is 3.34. The van der Waals surface area contributed by atoms with Gasteiger partial charge < -0.3 is 15.5 Å². The topological polar surface area (TPSA) is 56.7 Å². The van der Waals surface area contributed by atoms with Crippen molar-refractivity contribution in [2.75, 3.05) is 33.7 Å². The van der Waals surface area contributed by atoms with E-state index in [1.807, 2.05) is 0 Å². The lowest BCUT2D eigenvalue weighted by Crippen LogP contribution is -2.39. The van der Waals surface area contributed by atoms with E-state index in [-0.39, 0.29) is 12.5 Å². The SMILES string of the molecule is CCCCNC(=NCC(=O)N(C)C)NCCC(C)C. The van der Waals surface area contributed by atoms with Crippen molar-refractivity contribution in [1.29, 1.82) is 0 Å². The molecule has 112 valence electrons. The van der Waals surface area contributed by atoms with Crippen LogP contribution in [0.3, 0.4) is 0 Å². The number of rotatable bonds is 8. The van der Waals surface area contributed by atoms with Gasteiger partial charge in [-0.15, -0.1) is 0 Å². The van der Waals surface area contributed by atoms with Crippen LogP contribution in [0.4, 0.5) is 0 Å². The molecule has 1 amide bonds.